The number of aryl methyl sites for hydroxylation is 4. The minimum Gasteiger partial charge on any atom is -0.350 e. The maximum Gasteiger partial charge on any atom is 0.328 e. The molecule has 4 aliphatic rings. The maximum atomic E-state index is 13.6. The van der Waals surface area contributed by atoms with E-state index < -0.39 is 12.6 Å². The first-order valence-electron chi connectivity index (χ1n) is 32.7. The van der Waals surface area contributed by atoms with Crippen molar-refractivity contribution in [1.29, 1.82) is 10.5 Å². The van der Waals surface area contributed by atoms with Crippen LogP contribution in [0.3, 0.4) is 0 Å². The number of urea groups is 2. The summed E-state index contributed by atoms with van der Waals surface area (Å²) in [5, 5.41) is 25.1. The Morgan fingerprint density at radius 3 is 1.22 bits per heavy atom. The summed E-state index contributed by atoms with van der Waals surface area (Å²) in [7, 11) is 10.0. The largest absolute Gasteiger partial charge is 0.350 e. The van der Waals surface area contributed by atoms with Crippen molar-refractivity contribution in [3.63, 3.8) is 0 Å². The van der Waals surface area contributed by atoms with Crippen molar-refractivity contribution in [2.75, 3.05) is 147 Å². The van der Waals surface area contributed by atoms with Crippen LogP contribution in [0.4, 0.5) is 32.9 Å². The van der Waals surface area contributed by atoms with Crippen LogP contribution in [0.2, 0.25) is 0 Å². The van der Waals surface area contributed by atoms with Crippen LogP contribution in [0.5, 0.6) is 0 Å². The van der Waals surface area contributed by atoms with E-state index in [9.17, 15) is 29.7 Å². The number of amides is 6. The highest BCUT2D eigenvalue weighted by atomic mass is 35.5. The van der Waals surface area contributed by atoms with E-state index in [1.54, 1.807) is 85.7 Å². The lowest BCUT2D eigenvalue weighted by Gasteiger charge is -2.34. The van der Waals surface area contributed by atoms with Gasteiger partial charge in [-0.3, -0.25) is 39.8 Å². The SMILES string of the molecule is C.C.CC(C)(S)CN.COC(OC)c1nc2c(cc1CN1CCN(C)CC1=O)CCCN2C(=O)Nc1cc(CCC(C)(C)SC)c(C#N)cn1.COC(OC)c1nc2c(cc1CN1CCN(C)CC1=O)CCCN2C(=O)Nc1cc(CCC(C)(C)SC)c(C#N)cn1.CSC(C)(C)CN.Cl. The topological polar surface area (TPSA) is 300 Å². The number of carbonyl (C=O) groups is 4. The van der Waals surface area contributed by atoms with Gasteiger partial charge >= 0.3 is 12.1 Å². The van der Waals surface area contributed by atoms with Crippen LogP contribution in [0.1, 0.15) is 164 Å². The molecule has 0 atom stereocenters. The van der Waals surface area contributed by atoms with Crippen LogP contribution < -0.4 is 31.9 Å². The van der Waals surface area contributed by atoms with Gasteiger partial charge in [-0.2, -0.15) is 58.4 Å². The molecule has 8 heterocycles. The summed E-state index contributed by atoms with van der Waals surface area (Å²) in [5.74, 6) is 1.98. The summed E-state index contributed by atoms with van der Waals surface area (Å²) in [6, 6.07) is 11.4. The van der Waals surface area contributed by atoms with Crippen LogP contribution in [-0.2, 0) is 67.3 Å². The number of pyridine rings is 4. The summed E-state index contributed by atoms with van der Waals surface area (Å²) in [6.07, 6.45) is 14.0. The molecule has 558 valence electrons. The van der Waals surface area contributed by atoms with Crippen molar-refractivity contribution in [1.82, 2.24) is 39.5 Å². The Labute approximate surface area is 621 Å². The van der Waals surface area contributed by atoms with Gasteiger partial charge in [-0.15, -0.1) is 12.4 Å². The van der Waals surface area contributed by atoms with Gasteiger partial charge in [-0.05, 0) is 170 Å². The molecule has 6 amide bonds. The molecule has 24 nitrogen and oxygen atoms in total. The van der Waals surface area contributed by atoms with Crippen molar-refractivity contribution in [2.45, 2.75) is 166 Å². The lowest BCUT2D eigenvalue weighted by molar-refractivity contribution is -0.137. The number of aromatic nitrogens is 4. The number of methoxy groups -OCH3 is 4. The van der Waals surface area contributed by atoms with Gasteiger partial charge in [-0.1, -0.05) is 42.5 Å². The normalized spacial score (nSPS) is 15.0. The zero-order chi connectivity index (χ0) is 72.0. The molecule has 0 aromatic carbocycles. The van der Waals surface area contributed by atoms with Gasteiger partial charge in [-0.25, -0.2) is 29.5 Å². The number of anilines is 4. The number of halogens is 1. The molecule has 0 saturated carbocycles. The van der Waals surface area contributed by atoms with E-state index in [-0.39, 0.29) is 70.1 Å². The Balaban J connectivity index is 0.000000562. The zero-order valence-corrected chi connectivity index (χ0v) is 64.8. The summed E-state index contributed by atoms with van der Waals surface area (Å²) in [5.41, 5.74) is 18.0. The minimum absolute atomic E-state index is 0. The van der Waals surface area contributed by atoms with Crippen LogP contribution in [0.15, 0.2) is 36.7 Å². The first kappa shape index (κ1) is 90.5. The number of likely N-dealkylation sites (N-methyl/N-ethyl adjacent to an activating group) is 2. The lowest BCUT2D eigenvalue weighted by atomic mass is 9.99. The van der Waals surface area contributed by atoms with Crippen molar-refractivity contribution in [3.05, 3.63) is 92.6 Å². The van der Waals surface area contributed by atoms with Crippen LogP contribution in [-0.4, -0.2) is 209 Å². The van der Waals surface area contributed by atoms with E-state index >= 15 is 0 Å². The molecule has 8 rings (SSSR count). The van der Waals surface area contributed by atoms with E-state index in [1.165, 1.54) is 12.4 Å². The first-order chi connectivity index (χ1) is 45.8. The number of thioether (sulfide) groups is 3. The molecule has 4 aromatic heterocycles. The third-order valence-electron chi connectivity index (χ3n) is 17.4. The number of piperazine rings is 2. The second-order valence-corrected chi connectivity index (χ2v) is 32.7. The van der Waals surface area contributed by atoms with Gasteiger partial charge in [0, 0.05) is 125 Å². The molecule has 0 radical (unpaired) electrons. The average molecular weight is 1480 g/mol. The molecule has 0 unspecified atom stereocenters. The number of nitrogens with one attached hydrogen (secondary N) is 2. The highest BCUT2D eigenvalue weighted by Gasteiger charge is 2.34. The number of thiol groups is 1. The van der Waals surface area contributed by atoms with E-state index in [4.69, 9.17) is 40.4 Å². The molecule has 0 bridgehead atoms. The average Bonchev–Trinajstić information content (AvgIpc) is 0.781. The highest BCUT2D eigenvalue weighted by molar-refractivity contribution is 8.00. The van der Waals surface area contributed by atoms with Crippen molar-refractivity contribution >= 4 is 107 Å². The number of ether oxygens (including phenoxy) is 4. The summed E-state index contributed by atoms with van der Waals surface area (Å²) < 4.78 is 22.7. The quantitative estimate of drug-likeness (QED) is 0.0340. The molecule has 29 heteroatoms. The van der Waals surface area contributed by atoms with Gasteiger partial charge < -0.3 is 40.2 Å². The predicted octanol–water partition coefficient (Wildman–Crippen LogP) is 11.4. The molecule has 4 aromatic rings. The molecule has 100 heavy (non-hydrogen) atoms. The number of carbonyl (C=O) groups excluding carboxylic acids is 4. The molecule has 2 saturated heterocycles. The minimum atomic E-state index is -0.756. The number of nitrogens with two attached hydrogens (primary N) is 2. The van der Waals surface area contributed by atoms with Crippen molar-refractivity contribution in [3.8, 4) is 12.1 Å². The fraction of sp³-hybridized carbons (Fsp3) is 0.634. The molecule has 0 spiro atoms. The third kappa shape index (κ3) is 26.9. The predicted molar refractivity (Wildman–Crippen MR) is 416 cm³/mol. The Morgan fingerprint density at radius 2 is 0.940 bits per heavy atom. The van der Waals surface area contributed by atoms with Gasteiger partial charge in [0.1, 0.15) is 46.8 Å². The maximum absolute atomic E-state index is 13.6. The first-order valence-corrected chi connectivity index (χ1v) is 36.8. The summed E-state index contributed by atoms with van der Waals surface area (Å²) in [6.45, 7) is 23.7. The smallest absolute Gasteiger partial charge is 0.328 e. The van der Waals surface area contributed by atoms with E-state index in [0.29, 0.717) is 118 Å². The Hall–Kier alpha value is -5.57. The van der Waals surface area contributed by atoms with Gasteiger partial charge in [0.05, 0.1) is 24.2 Å². The molecular weight excluding hydrogens is 1370 g/mol. The van der Waals surface area contributed by atoms with Gasteiger partial charge in [0.25, 0.3) is 0 Å². The van der Waals surface area contributed by atoms with Crippen LogP contribution >= 0.6 is 60.3 Å². The highest BCUT2D eigenvalue weighted by Crippen LogP contribution is 2.36. The summed E-state index contributed by atoms with van der Waals surface area (Å²) in [4.78, 5) is 82.1. The zero-order valence-electron chi connectivity index (χ0n) is 60.6. The number of hydrogen-bond donors (Lipinski definition) is 5. The van der Waals surface area contributed by atoms with Gasteiger partial charge in [0.15, 0.2) is 0 Å². The standard InChI is InChI=1S/2C30H41N7O4S.C5H13NS.C4H11NS.2CH4.ClH/c2*1-30(2,42-6)10-9-20-15-24(32-17-23(20)16-31)33-29(39)37-11-7-8-21-14-22(18-36-13-12-35(3)19-25(36)38)26(34-27(21)37)28(40-4)41-5;1-5(2,4-6)7-3;1-4(2,6)3-5;;;/h2*14-15,17,28H,7-13,18-19H2,1-6H3,(H,32,33,39);4,6H2,1-3H3;6H,3,5H2,1-2H3;2*1H4;1H. The molecule has 0 aliphatic carbocycles. The van der Waals surface area contributed by atoms with Crippen molar-refractivity contribution in [2.24, 2.45) is 11.5 Å². The second kappa shape index (κ2) is 42.3. The van der Waals surface area contributed by atoms with Crippen molar-refractivity contribution < 1.29 is 38.1 Å². The molecular formula is C71H115ClN16O8S4. The van der Waals surface area contributed by atoms with Gasteiger partial charge in [0.2, 0.25) is 24.4 Å². The van der Waals surface area contributed by atoms with Crippen LogP contribution in [0.25, 0.3) is 0 Å². The Kier molecular flexibility index (Phi) is 38.3. The number of nitriles is 2. The Morgan fingerprint density at radius 1 is 0.590 bits per heavy atom. The lowest BCUT2D eigenvalue weighted by Crippen LogP contribution is -2.48. The molecule has 2 fully saturated rings. The third-order valence-corrected chi connectivity index (χ3v) is 21.5. The van der Waals surface area contributed by atoms with E-state index in [0.717, 1.165) is 91.5 Å². The second-order valence-electron chi connectivity index (χ2n) is 26.9. The fourth-order valence-electron chi connectivity index (χ4n) is 10.5. The van der Waals surface area contributed by atoms with E-state index in [2.05, 4.69) is 106 Å². The monoisotopic (exact) mass is 1480 g/mol. The number of nitrogens with zero attached hydrogens (tertiary/aromatic N) is 12. The number of rotatable bonds is 23. The van der Waals surface area contributed by atoms with E-state index in [1.807, 2.05) is 59.7 Å². The Bertz CT molecular complexity index is 3170. The molecule has 6 N–H and O–H groups in total. The number of hydrogen-bond acceptors (Lipinski definition) is 22. The van der Waals surface area contributed by atoms with Crippen LogP contribution in [0, 0.1) is 22.7 Å². The number of fused-ring (bicyclic) bond motifs is 2. The summed E-state index contributed by atoms with van der Waals surface area (Å²) >= 11 is 9.50. The molecule has 4 aliphatic heterocycles. The fourth-order valence-corrected chi connectivity index (χ4v) is 11.2.